The van der Waals surface area contributed by atoms with Crippen molar-refractivity contribution in [1.82, 2.24) is 14.1 Å². The third-order valence-electron chi connectivity index (χ3n) is 6.15. The first kappa shape index (κ1) is 26.1. The second-order valence-electron chi connectivity index (χ2n) is 8.64. The Kier molecular flexibility index (Phi) is 7.92. The number of carbonyl (C=O) groups excluding carboxylic acids is 1. The van der Waals surface area contributed by atoms with E-state index in [1.807, 2.05) is 34.9 Å². The van der Waals surface area contributed by atoms with E-state index in [1.165, 1.54) is 35.6 Å². The maximum absolute atomic E-state index is 13.7. The fraction of sp³-hybridized carbons (Fsp3) is 0.214. The lowest BCUT2D eigenvalue weighted by molar-refractivity contribution is 0.101. The van der Waals surface area contributed by atoms with Crippen molar-refractivity contribution >= 4 is 51.4 Å². The van der Waals surface area contributed by atoms with Crippen molar-refractivity contribution in [3.05, 3.63) is 104 Å². The van der Waals surface area contributed by atoms with Gasteiger partial charge in [-0.1, -0.05) is 53.4 Å². The van der Waals surface area contributed by atoms with Crippen molar-refractivity contribution in [3.63, 3.8) is 0 Å². The number of ether oxygens (including phenoxy) is 1. The Morgan fingerprint density at radius 3 is 2.66 bits per heavy atom. The van der Waals surface area contributed by atoms with Gasteiger partial charge in [0, 0.05) is 23.4 Å². The third-order valence-corrected chi connectivity index (χ3v) is 8.60. The van der Waals surface area contributed by atoms with Gasteiger partial charge in [0.1, 0.15) is 16.2 Å². The average molecular weight is 564 g/mol. The summed E-state index contributed by atoms with van der Waals surface area (Å²) in [7, 11) is 1.60. The summed E-state index contributed by atoms with van der Waals surface area (Å²) in [6.45, 7) is 2.40. The molecule has 3 heterocycles. The molecule has 38 heavy (non-hydrogen) atoms. The molecule has 0 aliphatic heterocycles. The van der Waals surface area contributed by atoms with Crippen LogP contribution in [0.3, 0.4) is 0 Å². The summed E-state index contributed by atoms with van der Waals surface area (Å²) in [5.74, 6) is 1.75. The van der Waals surface area contributed by atoms with Crippen molar-refractivity contribution in [1.29, 1.82) is 0 Å². The van der Waals surface area contributed by atoms with Crippen LogP contribution in [0.15, 0.2) is 81.3 Å². The standard InChI is InChI=1S/C28H25N3O4S3/c1-18(32)20-10-11-23(34-2)21(15-20)17-37-27-29-25-24(26(33)31(27)16-22-9-6-14-35-22)38-28(36)30(25)13-12-19-7-4-3-5-8-19/h3-11,14-15H,12-13,16-17H2,1-2H3. The van der Waals surface area contributed by atoms with Gasteiger partial charge in [0.25, 0.3) is 5.56 Å². The van der Waals surface area contributed by atoms with Crippen LogP contribution in [0.1, 0.15) is 34.2 Å². The number of carbonyl (C=O) groups is 1. The fourth-order valence-corrected chi connectivity index (χ4v) is 6.45. The quantitative estimate of drug-likeness (QED) is 0.0845. The smallest absolute Gasteiger partial charge is 0.274 e. The Morgan fingerprint density at radius 2 is 1.95 bits per heavy atom. The number of thioether (sulfide) groups is 1. The molecule has 0 aliphatic rings. The maximum atomic E-state index is 13.7. The zero-order chi connectivity index (χ0) is 26.6. The molecule has 0 amide bonds. The molecule has 0 unspecified atom stereocenters. The first-order chi connectivity index (χ1) is 18.4. The van der Waals surface area contributed by atoms with Crippen molar-refractivity contribution in [2.45, 2.75) is 37.3 Å². The minimum Gasteiger partial charge on any atom is -0.496 e. The molecule has 0 saturated heterocycles. The minimum absolute atomic E-state index is 0.0242. The summed E-state index contributed by atoms with van der Waals surface area (Å²) in [4.78, 5) is 30.7. The number of methoxy groups -OCH3 is 1. The van der Waals surface area contributed by atoms with Crippen LogP contribution in [0.25, 0.3) is 10.3 Å². The second kappa shape index (κ2) is 11.5. The number of fused-ring (bicyclic) bond motifs is 1. The number of furan rings is 1. The predicted molar refractivity (Wildman–Crippen MR) is 153 cm³/mol. The van der Waals surface area contributed by atoms with E-state index in [2.05, 4.69) is 12.1 Å². The number of benzene rings is 2. The highest BCUT2D eigenvalue weighted by Crippen LogP contribution is 2.30. The molecule has 7 nitrogen and oxygen atoms in total. The Hall–Kier alpha value is -3.47. The number of thiazole rings is 1. The van der Waals surface area contributed by atoms with Crippen LogP contribution in [0.4, 0.5) is 0 Å². The molecule has 2 aromatic carbocycles. The van der Waals surface area contributed by atoms with Crippen molar-refractivity contribution in [2.75, 3.05) is 7.11 Å². The van der Waals surface area contributed by atoms with E-state index >= 15 is 0 Å². The van der Waals surface area contributed by atoms with E-state index < -0.39 is 0 Å². The number of hydrogen-bond acceptors (Lipinski definition) is 8. The predicted octanol–water partition coefficient (Wildman–Crippen LogP) is 6.38. The first-order valence-electron chi connectivity index (χ1n) is 12.0. The molecule has 0 fully saturated rings. The summed E-state index contributed by atoms with van der Waals surface area (Å²) in [5.41, 5.74) is 3.06. The zero-order valence-corrected chi connectivity index (χ0v) is 23.3. The molecule has 0 spiro atoms. The minimum atomic E-state index is -0.159. The lowest BCUT2D eigenvalue weighted by atomic mass is 10.1. The van der Waals surface area contributed by atoms with E-state index in [9.17, 15) is 9.59 Å². The monoisotopic (exact) mass is 563 g/mol. The van der Waals surface area contributed by atoms with E-state index in [-0.39, 0.29) is 17.9 Å². The molecule has 194 valence electrons. The number of nitrogens with zero attached hydrogens (tertiary/aromatic N) is 3. The highest BCUT2D eigenvalue weighted by atomic mass is 32.2. The molecule has 0 saturated carbocycles. The summed E-state index contributed by atoms with van der Waals surface area (Å²) < 4.78 is 15.8. The highest BCUT2D eigenvalue weighted by Gasteiger charge is 2.19. The molecular formula is C28H25N3O4S3. The van der Waals surface area contributed by atoms with Gasteiger partial charge in [0.05, 0.1) is 19.9 Å². The van der Waals surface area contributed by atoms with Crippen LogP contribution in [0, 0.1) is 3.95 Å². The van der Waals surface area contributed by atoms with E-state index in [1.54, 1.807) is 36.1 Å². The normalized spacial score (nSPS) is 11.2. The molecule has 3 aromatic heterocycles. The summed E-state index contributed by atoms with van der Waals surface area (Å²) in [6, 6.07) is 19.1. The van der Waals surface area contributed by atoms with Crippen LogP contribution in [-0.2, 0) is 25.3 Å². The summed E-state index contributed by atoms with van der Waals surface area (Å²) in [6.07, 6.45) is 2.36. The number of Topliss-reactive ketones (excluding diaryl/α,β-unsaturated/α-hetero) is 1. The van der Waals surface area contributed by atoms with E-state index in [4.69, 9.17) is 26.4 Å². The topological polar surface area (TPSA) is 79.3 Å². The van der Waals surface area contributed by atoms with Gasteiger partial charge >= 0.3 is 0 Å². The third kappa shape index (κ3) is 5.52. The number of ketones is 1. The molecule has 5 aromatic rings. The van der Waals surface area contributed by atoms with Gasteiger partial charge in [-0.05, 0) is 61.5 Å². The van der Waals surface area contributed by atoms with E-state index in [0.717, 1.165) is 12.0 Å². The first-order valence-corrected chi connectivity index (χ1v) is 14.2. The molecule has 5 rings (SSSR count). The lowest BCUT2D eigenvalue weighted by Gasteiger charge is -2.13. The van der Waals surface area contributed by atoms with Crippen molar-refractivity contribution in [3.8, 4) is 5.75 Å². The van der Waals surface area contributed by atoms with Gasteiger partial charge in [-0.3, -0.25) is 14.2 Å². The molecule has 0 bridgehead atoms. The van der Waals surface area contributed by atoms with E-state index in [0.29, 0.717) is 48.8 Å². The van der Waals surface area contributed by atoms with Crippen LogP contribution in [0.5, 0.6) is 5.75 Å². The van der Waals surface area contributed by atoms with Crippen LogP contribution in [-0.4, -0.2) is 27.0 Å². The zero-order valence-electron chi connectivity index (χ0n) is 20.9. The Balaban J connectivity index is 1.56. The second-order valence-corrected chi connectivity index (χ2v) is 11.2. The van der Waals surface area contributed by atoms with Gasteiger partial charge in [0.15, 0.2) is 20.5 Å². The molecule has 0 aliphatic carbocycles. The van der Waals surface area contributed by atoms with Gasteiger partial charge in [-0.15, -0.1) is 0 Å². The SMILES string of the molecule is COc1ccc(C(C)=O)cc1CSc1nc2c(sc(=S)n2CCc2ccccc2)c(=O)n1Cc1ccco1. The van der Waals surface area contributed by atoms with Gasteiger partial charge in [-0.2, -0.15) is 0 Å². The average Bonchev–Trinajstić information content (AvgIpc) is 3.55. The molecular weight excluding hydrogens is 539 g/mol. The number of aryl methyl sites for hydroxylation is 2. The van der Waals surface area contributed by atoms with Crippen LogP contribution < -0.4 is 10.3 Å². The highest BCUT2D eigenvalue weighted by molar-refractivity contribution is 7.98. The molecule has 0 atom stereocenters. The number of aromatic nitrogens is 3. The van der Waals surface area contributed by atoms with Gasteiger partial charge in [-0.25, -0.2) is 4.98 Å². The fourth-order valence-electron chi connectivity index (χ4n) is 4.15. The van der Waals surface area contributed by atoms with Crippen molar-refractivity contribution in [2.24, 2.45) is 0 Å². The summed E-state index contributed by atoms with van der Waals surface area (Å²) >= 11 is 8.36. The maximum Gasteiger partial charge on any atom is 0.274 e. The molecule has 0 radical (unpaired) electrons. The Labute approximate surface area is 232 Å². The van der Waals surface area contributed by atoms with Crippen LogP contribution in [0.2, 0.25) is 0 Å². The van der Waals surface area contributed by atoms with Crippen LogP contribution >= 0.6 is 35.3 Å². The van der Waals surface area contributed by atoms with Gasteiger partial charge < -0.3 is 13.7 Å². The molecule has 10 heteroatoms. The number of rotatable bonds is 10. The largest absolute Gasteiger partial charge is 0.496 e. The Morgan fingerprint density at radius 1 is 1.13 bits per heavy atom. The van der Waals surface area contributed by atoms with Gasteiger partial charge in [0.2, 0.25) is 0 Å². The van der Waals surface area contributed by atoms with Crippen molar-refractivity contribution < 1.29 is 13.9 Å². The Bertz CT molecular complexity index is 1700. The number of hydrogen-bond donors (Lipinski definition) is 0. The molecule has 0 N–H and O–H groups in total. The lowest BCUT2D eigenvalue weighted by Crippen LogP contribution is -2.23. The summed E-state index contributed by atoms with van der Waals surface area (Å²) in [5, 5.41) is 0.537.